The van der Waals surface area contributed by atoms with Crippen LogP contribution in [0.4, 0.5) is 0 Å². The molecule has 3 atom stereocenters. The van der Waals surface area contributed by atoms with Gasteiger partial charge in [-0.3, -0.25) is 0 Å². The van der Waals surface area contributed by atoms with Gasteiger partial charge < -0.3 is 15.2 Å². The summed E-state index contributed by atoms with van der Waals surface area (Å²) in [5.41, 5.74) is 0. The molecule has 0 aromatic carbocycles. The normalized spacial score (nSPS) is 33.2. The molecule has 2 N–H and O–H groups in total. The molecule has 0 aliphatic carbocycles. The second-order valence-electron chi connectivity index (χ2n) is 2.59. The van der Waals surface area contributed by atoms with Crippen LogP contribution >= 0.6 is 0 Å². The molecule has 0 spiro atoms. The van der Waals surface area contributed by atoms with E-state index in [0.717, 1.165) is 0 Å². The molecule has 1 heterocycles. The van der Waals surface area contributed by atoms with Crippen molar-refractivity contribution in [2.45, 2.75) is 24.7 Å². The van der Waals surface area contributed by atoms with Crippen molar-refractivity contribution in [2.24, 2.45) is 0 Å². The highest BCUT2D eigenvalue weighted by Crippen LogP contribution is 2.15. The zero-order valence-electron chi connectivity index (χ0n) is 6.45. The van der Waals surface area contributed by atoms with E-state index in [0.29, 0.717) is 13.0 Å². The lowest BCUT2D eigenvalue weighted by molar-refractivity contribution is 0.0299. The number of nitrogens with zero attached hydrogens (tertiary/aromatic N) is 1. The summed E-state index contributed by atoms with van der Waals surface area (Å²) >= 11 is 0. The van der Waals surface area contributed by atoms with Gasteiger partial charge in [-0.05, 0) is 13.5 Å². The topological polar surface area (TPSA) is 65.3 Å². The van der Waals surface area contributed by atoms with Gasteiger partial charge in [0.15, 0.2) is 0 Å². The number of aliphatic hydroxyl groups excluding tert-OH is 1. The van der Waals surface area contributed by atoms with Crippen molar-refractivity contribution in [3.63, 3.8) is 0 Å². The number of ether oxygens (including phenoxy) is 1. The van der Waals surface area contributed by atoms with Crippen LogP contribution in [0, 0.1) is 11.3 Å². The van der Waals surface area contributed by atoms with Gasteiger partial charge in [-0.2, -0.15) is 5.26 Å². The van der Waals surface area contributed by atoms with E-state index in [1.807, 2.05) is 6.07 Å². The monoisotopic (exact) mass is 156 g/mol. The van der Waals surface area contributed by atoms with Gasteiger partial charge in [0.05, 0.1) is 12.2 Å². The zero-order chi connectivity index (χ0) is 8.27. The highest BCUT2D eigenvalue weighted by atomic mass is 16.5. The zero-order valence-corrected chi connectivity index (χ0v) is 6.45. The Labute approximate surface area is 65.8 Å². The Bertz CT molecular complexity index is 166. The van der Waals surface area contributed by atoms with Gasteiger partial charge in [-0.1, -0.05) is 0 Å². The van der Waals surface area contributed by atoms with Crippen molar-refractivity contribution in [1.29, 1.82) is 5.26 Å². The van der Waals surface area contributed by atoms with Gasteiger partial charge in [0.1, 0.15) is 12.1 Å². The van der Waals surface area contributed by atoms with Crippen molar-refractivity contribution in [1.82, 2.24) is 5.32 Å². The van der Waals surface area contributed by atoms with E-state index >= 15 is 0 Å². The van der Waals surface area contributed by atoms with E-state index in [2.05, 4.69) is 5.32 Å². The Kier molecular flexibility index (Phi) is 2.83. The summed E-state index contributed by atoms with van der Waals surface area (Å²) in [4.78, 5) is 0. The van der Waals surface area contributed by atoms with Crippen LogP contribution in [0.25, 0.3) is 0 Å². The van der Waals surface area contributed by atoms with Gasteiger partial charge in [0.2, 0.25) is 0 Å². The molecule has 62 valence electrons. The predicted octanol–water partition coefficient (Wildman–Crippen LogP) is -0.752. The van der Waals surface area contributed by atoms with Crippen molar-refractivity contribution < 1.29 is 9.84 Å². The molecule has 1 aliphatic heterocycles. The third kappa shape index (κ3) is 1.69. The summed E-state index contributed by atoms with van der Waals surface area (Å²) in [6.45, 7) is 0.547. The molecule has 0 amide bonds. The quantitative estimate of drug-likeness (QED) is 0.552. The summed E-state index contributed by atoms with van der Waals surface area (Å²) in [5.74, 6) is 0. The lowest BCUT2D eigenvalue weighted by Crippen LogP contribution is -2.41. The number of aliphatic hydroxyl groups is 1. The molecule has 1 saturated heterocycles. The van der Waals surface area contributed by atoms with E-state index in [4.69, 9.17) is 10.00 Å². The highest BCUT2D eigenvalue weighted by Gasteiger charge is 2.32. The third-order valence-electron chi connectivity index (χ3n) is 1.88. The number of hydrogen-bond acceptors (Lipinski definition) is 4. The number of nitriles is 1. The van der Waals surface area contributed by atoms with Crippen LogP contribution in [0.2, 0.25) is 0 Å². The Morgan fingerprint density at radius 1 is 1.82 bits per heavy atom. The number of likely N-dealkylation sites (N-methyl/N-ethyl adjacent to an activating group) is 1. The molecule has 1 rings (SSSR count). The number of hydrogen-bond donors (Lipinski definition) is 2. The van der Waals surface area contributed by atoms with Crippen LogP contribution in [-0.2, 0) is 4.74 Å². The van der Waals surface area contributed by atoms with Crippen LogP contribution in [0.1, 0.15) is 6.42 Å². The Balaban J connectivity index is 2.51. The summed E-state index contributed by atoms with van der Waals surface area (Å²) in [6.07, 6.45) is -0.220. The standard InChI is InChI=1S/C7H12N2O2/c1-9-5(4-8)7-6(10)2-3-11-7/h5-7,9-10H,2-3H2,1H3. The minimum atomic E-state index is -0.493. The van der Waals surface area contributed by atoms with Crippen molar-refractivity contribution in [3.8, 4) is 6.07 Å². The molecular formula is C7H12N2O2. The third-order valence-corrected chi connectivity index (χ3v) is 1.88. The molecule has 3 unspecified atom stereocenters. The lowest BCUT2D eigenvalue weighted by atomic mass is 10.1. The van der Waals surface area contributed by atoms with Crippen molar-refractivity contribution >= 4 is 0 Å². The van der Waals surface area contributed by atoms with E-state index < -0.39 is 12.1 Å². The van der Waals surface area contributed by atoms with E-state index in [1.54, 1.807) is 7.05 Å². The molecule has 11 heavy (non-hydrogen) atoms. The molecule has 1 aliphatic rings. The van der Waals surface area contributed by atoms with E-state index in [9.17, 15) is 5.11 Å². The maximum absolute atomic E-state index is 9.31. The van der Waals surface area contributed by atoms with Crippen molar-refractivity contribution in [2.75, 3.05) is 13.7 Å². The van der Waals surface area contributed by atoms with Crippen molar-refractivity contribution in [3.05, 3.63) is 0 Å². The fourth-order valence-corrected chi connectivity index (χ4v) is 1.22. The van der Waals surface area contributed by atoms with E-state index in [-0.39, 0.29) is 6.10 Å². The molecule has 1 fully saturated rings. The number of rotatable bonds is 2. The summed E-state index contributed by atoms with van der Waals surface area (Å²) < 4.78 is 5.17. The van der Waals surface area contributed by atoms with Gasteiger partial charge >= 0.3 is 0 Å². The van der Waals surface area contributed by atoms with Gasteiger partial charge in [-0.15, -0.1) is 0 Å². The molecule has 0 saturated carbocycles. The maximum Gasteiger partial charge on any atom is 0.124 e. The first-order valence-corrected chi connectivity index (χ1v) is 3.66. The Morgan fingerprint density at radius 2 is 2.55 bits per heavy atom. The van der Waals surface area contributed by atoms with Crippen LogP contribution in [-0.4, -0.2) is 37.0 Å². The van der Waals surface area contributed by atoms with Crippen LogP contribution < -0.4 is 5.32 Å². The minimum Gasteiger partial charge on any atom is -0.390 e. The fourth-order valence-electron chi connectivity index (χ4n) is 1.22. The molecule has 0 aromatic heterocycles. The first-order valence-electron chi connectivity index (χ1n) is 3.66. The number of nitrogens with one attached hydrogen (secondary N) is 1. The lowest BCUT2D eigenvalue weighted by Gasteiger charge is -2.18. The molecule has 0 aromatic rings. The summed E-state index contributed by atoms with van der Waals surface area (Å²) in [6, 6.07) is 1.63. The second-order valence-corrected chi connectivity index (χ2v) is 2.59. The summed E-state index contributed by atoms with van der Waals surface area (Å²) in [5, 5.41) is 20.7. The first-order chi connectivity index (χ1) is 5.29. The van der Waals surface area contributed by atoms with Gasteiger partial charge in [0, 0.05) is 6.61 Å². The smallest absolute Gasteiger partial charge is 0.124 e. The average molecular weight is 156 g/mol. The Hall–Kier alpha value is -0.630. The minimum absolute atomic E-state index is 0.356. The largest absolute Gasteiger partial charge is 0.390 e. The van der Waals surface area contributed by atoms with Crippen LogP contribution in [0.3, 0.4) is 0 Å². The molecule has 4 nitrogen and oxygen atoms in total. The highest BCUT2D eigenvalue weighted by molar-refractivity contribution is 4.99. The van der Waals surface area contributed by atoms with E-state index in [1.165, 1.54) is 0 Å². The van der Waals surface area contributed by atoms with Gasteiger partial charge in [-0.25, -0.2) is 0 Å². The predicted molar refractivity (Wildman–Crippen MR) is 38.8 cm³/mol. The molecule has 0 radical (unpaired) electrons. The van der Waals surface area contributed by atoms with Gasteiger partial charge in [0.25, 0.3) is 0 Å². The average Bonchev–Trinajstić information content (AvgIpc) is 2.40. The fraction of sp³-hybridized carbons (Fsp3) is 0.857. The second kappa shape index (κ2) is 3.67. The molecule has 0 bridgehead atoms. The summed E-state index contributed by atoms with van der Waals surface area (Å²) in [7, 11) is 1.68. The first kappa shape index (κ1) is 8.47. The molecular weight excluding hydrogens is 144 g/mol. The SMILES string of the molecule is CNC(C#N)C1OCCC1O. The van der Waals surface area contributed by atoms with Crippen LogP contribution in [0.15, 0.2) is 0 Å². The molecule has 4 heteroatoms. The Morgan fingerprint density at radius 3 is 2.91 bits per heavy atom. The van der Waals surface area contributed by atoms with Crippen LogP contribution in [0.5, 0.6) is 0 Å². The maximum atomic E-state index is 9.31.